The zero-order chi connectivity index (χ0) is 19.8. The standard InChI is InChI=1S/C20H28N4O3/c1-5-14(4)27-16-8-6-15(7-9-16)19-22-20(26)17(23-24-19)10-11-18(25)21-12-13(2)3/h6-9,13-14H,5,10-12H2,1-4H3,(H,21,25)(H,22,24,26)/t14-/m0/s1. The Morgan fingerprint density at radius 1 is 1.19 bits per heavy atom. The fourth-order valence-electron chi connectivity index (χ4n) is 2.30. The maximum Gasteiger partial charge on any atom is 0.273 e. The molecule has 1 amide bonds. The van der Waals surface area contributed by atoms with Crippen LogP contribution in [0.3, 0.4) is 0 Å². The lowest BCUT2D eigenvalue weighted by atomic mass is 10.2. The summed E-state index contributed by atoms with van der Waals surface area (Å²) in [5.74, 6) is 1.46. The number of hydrogen-bond acceptors (Lipinski definition) is 5. The Morgan fingerprint density at radius 3 is 2.48 bits per heavy atom. The summed E-state index contributed by atoms with van der Waals surface area (Å²) in [6.07, 6.45) is 1.55. The van der Waals surface area contributed by atoms with Crippen molar-refractivity contribution in [3.05, 3.63) is 40.3 Å². The molecule has 0 spiro atoms. The summed E-state index contributed by atoms with van der Waals surface area (Å²) >= 11 is 0. The number of nitrogens with zero attached hydrogens (tertiary/aromatic N) is 2. The molecule has 0 unspecified atom stereocenters. The first-order chi connectivity index (χ1) is 12.9. The number of aromatic amines is 1. The van der Waals surface area contributed by atoms with E-state index in [0.29, 0.717) is 18.3 Å². The highest BCUT2D eigenvalue weighted by molar-refractivity contribution is 5.76. The summed E-state index contributed by atoms with van der Waals surface area (Å²) in [7, 11) is 0. The van der Waals surface area contributed by atoms with Gasteiger partial charge >= 0.3 is 0 Å². The highest BCUT2D eigenvalue weighted by Crippen LogP contribution is 2.19. The number of rotatable bonds is 9. The molecule has 0 fully saturated rings. The second kappa shape index (κ2) is 9.85. The number of benzene rings is 1. The molecule has 7 nitrogen and oxygen atoms in total. The van der Waals surface area contributed by atoms with Crippen LogP contribution in [0.2, 0.25) is 0 Å². The zero-order valence-corrected chi connectivity index (χ0v) is 16.4. The highest BCUT2D eigenvalue weighted by Gasteiger charge is 2.10. The number of aromatic nitrogens is 3. The third-order valence-electron chi connectivity index (χ3n) is 4.10. The van der Waals surface area contributed by atoms with Gasteiger partial charge in [0.1, 0.15) is 11.4 Å². The van der Waals surface area contributed by atoms with E-state index >= 15 is 0 Å². The van der Waals surface area contributed by atoms with Gasteiger partial charge in [0.25, 0.3) is 5.56 Å². The van der Waals surface area contributed by atoms with Gasteiger partial charge in [0.05, 0.1) is 6.10 Å². The number of nitrogens with one attached hydrogen (secondary N) is 2. The predicted octanol–water partition coefficient (Wildman–Crippen LogP) is 2.71. The molecule has 0 aliphatic heterocycles. The molecule has 0 bridgehead atoms. The van der Waals surface area contributed by atoms with E-state index in [1.54, 1.807) is 0 Å². The molecule has 1 atom stereocenters. The maximum absolute atomic E-state index is 12.2. The molecular weight excluding hydrogens is 344 g/mol. The van der Waals surface area contributed by atoms with Crippen LogP contribution in [0.4, 0.5) is 0 Å². The topological polar surface area (TPSA) is 97.0 Å². The average Bonchev–Trinajstić information content (AvgIpc) is 2.65. The maximum atomic E-state index is 12.2. The van der Waals surface area contributed by atoms with E-state index < -0.39 is 0 Å². The third-order valence-corrected chi connectivity index (χ3v) is 4.10. The molecule has 1 aromatic heterocycles. The molecule has 1 aromatic carbocycles. The Bertz CT molecular complexity index is 800. The molecule has 0 aliphatic carbocycles. The van der Waals surface area contributed by atoms with Crippen molar-refractivity contribution >= 4 is 5.91 Å². The lowest BCUT2D eigenvalue weighted by Gasteiger charge is -2.12. The van der Waals surface area contributed by atoms with Crippen molar-refractivity contribution in [3.63, 3.8) is 0 Å². The fraction of sp³-hybridized carbons (Fsp3) is 0.500. The Balaban J connectivity index is 1.99. The highest BCUT2D eigenvalue weighted by atomic mass is 16.5. The van der Waals surface area contributed by atoms with Crippen molar-refractivity contribution in [2.24, 2.45) is 5.92 Å². The number of ether oxygens (including phenoxy) is 1. The van der Waals surface area contributed by atoms with Gasteiger partial charge in [-0.05, 0) is 43.5 Å². The molecule has 0 radical (unpaired) electrons. The van der Waals surface area contributed by atoms with Gasteiger partial charge in [-0.25, -0.2) is 0 Å². The van der Waals surface area contributed by atoms with Crippen LogP contribution in [0.1, 0.15) is 46.2 Å². The van der Waals surface area contributed by atoms with E-state index in [2.05, 4.69) is 27.4 Å². The van der Waals surface area contributed by atoms with E-state index in [1.165, 1.54) is 0 Å². The quantitative estimate of drug-likeness (QED) is 0.705. The normalized spacial score (nSPS) is 12.0. The molecule has 0 saturated carbocycles. The van der Waals surface area contributed by atoms with Gasteiger partial charge in [-0.1, -0.05) is 20.8 Å². The van der Waals surface area contributed by atoms with Gasteiger partial charge in [-0.3, -0.25) is 9.59 Å². The van der Waals surface area contributed by atoms with Crippen molar-refractivity contribution in [2.45, 2.75) is 53.1 Å². The molecule has 1 heterocycles. The largest absolute Gasteiger partial charge is 0.491 e. The van der Waals surface area contributed by atoms with Gasteiger partial charge in [0, 0.05) is 24.9 Å². The van der Waals surface area contributed by atoms with Crippen LogP contribution in [0.25, 0.3) is 11.4 Å². The second-order valence-corrected chi connectivity index (χ2v) is 7.01. The van der Waals surface area contributed by atoms with Gasteiger partial charge in [-0.2, -0.15) is 0 Å². The Kier molecular flexibility index (Phi) is 7.52. The summed E-state index contributed by atoms with van der Waals surface area (Å²) < 4.78 is 5.74. The van der Waals surface area contributed by atoms with Crippen LogP contribution in [-0.4, -0.2) is 33.7 Å². The molecular formula is C20H28N4O3. The summed E-state index contributed by atoms with van der Waals surface area (Å²) in [5.41, 5.74) is 0.684. The van der Waals surface area contributed by atoms with Crippen LogP contribution >= 0.6 is 0 Å². The molecule has 0 aliphatic rings. The molecule has 0 saturated heterocycles. The molecule has 7 heteroatoms. The Morgan fingerprint density at radius 2 is 1.89 bits per heavy atom. The third kappa shape index (κ3) is 6.51. The fourth-order valence-corrected chi connectivity index (χ4v) is 2.30. The summed E-state index contributed by atoms with van der Waals surface area (Å²) in [6, 6.07) is 7.34. The first-order valence-corrected chi connectivity index (χ1v) is 9.38. The predicted molar refractivity (Wildman–Crippen MR) is 105 cm³/mol. The van der Waals surface area contributed by atoms with Crippen molar-refractivity contribution in [2.75, 3.05) is 6.54 Å². The molecule has 2 rings (SSSR count). The lowest BCUT2D eigenvalue weighted by molar-refractivity contribution is -0.121. The number of carbonyl (C=O) groups is 1. The smallest absolute Gasteiger partial charge is 0.273 e. The number of amides is 1. The monoisotopic (exact) mass is 372 g/mol. The minimum Gasteiger partial charge on any atom is -0.491 e. The van der Waals surface area contributed by atoms with Crippen molar-refractivity contribution in [1.82, 2.24) is 20.5 Å². The van der Waals surface area contributed by atoms with Crippen LogP contribution in [0.15, 0.2) is 29.1 Å². The molecule has 2 aromatic rings. The van der Waals surface area contributed by atoms with Crippen molar-refractivity contribution in [1.29, 1.82) is 0 Å². The van der Waals surface area contributed by atoms with E-state index in [1.807, 2.05) is 45.0 Å². The van der Waals surface area contributed by atoms with Gasteiger partial charge < -0.3 is 15.0 Å². The van der Waals surface area contributed by atoms with Crippen LogP contribution in [-0.2, 0) is 11.2 Å². The minimum atomic E-state index is -0.323. The second-order valence-electron chi connectivity index (χ2n) is 7.01. The van der Waals surface area contributed by atoms with Crippen molar-refractivity contribution < 1.29 is 9.53 Å². The van der Waals surface area contributed by atoms with E-state index in [-0.39, 0.29) is 36.1 Å². The van der Waals surface area contributed by atoms with Crippen LogP contribution < -0.4 is 15.6 Å². The lowest BCUT2D eigenvalue weighted by Crippen LogP contribution is -2.28. The van der Waals surface area contributed by atoms with Gasteiger partial charge in [0.2, 0.25) is 5.91 Å². The van der Waals surface area contributed by atoms with Crippen LogP contribution in [0, 0.1) is 5.92 Å². The first-order valence-electron chi connectivity index (χ1n) is 9.38. The molecule has 2 N–H and O–H groups in total. The van der Waals surface area contributed by atoms with E-state index in [0.717, 1.165) is 17.7 Å². The first kappa shape index (κ1) is 20.6. The van der Waals surface area contributed by atoms with E-state index in [4.69, 9.17) is 4.74 Å². The summed E-state index contributed by atoms with van der Waals surface area (Å²) in [4.78, 5) is 26.7. The number of hydrogen-bond donors (Lipinski definition) is 2. The number of aryl methyl sites for hydroxylation is 1. The van der Waals surface area contributed by atoms with E-state index in [9.17, 15) is 9.59 Å². The summed E-state index contributed by atoms with van der Waals surface area (Å²) in [6.45, 7) is 8.75. The van der Waals surface area contributed by atoms with Gasteiger partial charge in [-0.15, -0.1) is 10.2 Å². The minimum absolute atomic E-state index is 0.0918. The van der Waals surface area contributed by atoms with Gasteiger partial charge in [0.15, 0.2) is 5.82 Å². The van der Waals surface area contributed by atoms with Crippen LogP contribution in [0.5, 0.6) is 5.75 Å². The Hall–Kier alpha value is -2.70. The SMILES string of the molecule is CC[C@H](C)Oc1ccc(-c2nnc(CCC(=O)NCC(C)C)c(=O)[nH]2)cc1. The summed E-state index contributed by atoms with van der Waals surface area (Å²) in [5, 5.41) is 10.9. The Labute approximate surface area is 159 Å². The van der Waals surface area contributed by atoms with Crippen molar-refractivity contribution in [3.8, 4) is 17.1 Å². The molecule has 146 valence electrons. The zero-order valence-electron chi connectivity index (χ0n) is 16.4. The number of H-pyrrole nitrogens is 1. The molecule has 27 heavy (non-hydrogen) atoms. The average molecular weight is 372 g/mol. The number of carbonyl (C=O) groups excluding carboxylic acids is 1.